The average Bonchev–Trinajstić information content (AvgIpc) is 1.63. The molecule has 0 saturated carbocycles. The van der Waals surface area contributed by atoms with Gasteiger partial charge in [-0.1, -0.05) is 222 Å². The van der Waals surface area contributed by atoms with Crippen molar-refractivity contribution in [1.29, 1.82) is 0 Å². The number of hydrogen-bond donors (Lipinski definition) is 7. The average molecular weight is 2220 g/mol. The number of nitrogens with two attached hydrogens (primary N) is 3. The first-order chi connectivity index (χ1) is 63.1. The van der Waals surface area contributed by atoms with Crippen LogP contribution in [-0.2, 0) is 39.1 Å². The lowest BCUT2D eigenvalue weighted by Gasteiger charge is -2.10. The summed E-state index contributed by atoms with van der Waals surface area (Å²) in [5, 5.41) is 27.0. The maximum Gasteiger partial charge on any atom is 0.269 e. The van der Waals surface area contributed by atoms with E-state index in [2.05, 4.69) is 112 Å². The fourth-order valence-corrected chi connectivity index (χ4v) is 29.0. The van der Waals surface area contributed by atoms with E-state index in [0.717, 1.165) is 39.1 Å². The zero-order valence-corrected chi connectivity index (χ0v) is 88.2. The van der Waals surface area contributed by atoms with Crippen LogP contribution in [0.15, 0.2) is 299 Å². The molecular formula is C91H101BrCl8N16O12S4Si4. The first kappa shape index (κ1) is 115. The number of pyridine rings is 8. The van der Waals surface area contributed by atoms with Crippen LogP contribution in [0.4, 0.5) is 17.5 Å². The number of rotatable bonds is 19. The van der Waals surface area contributed by atoms with Crippen molar-refractivity contribution in [2.45, 2.75) is 117 Å². The SMILES string of the molecule is C.C.C[SiH](C)CC[SiH](C)C.C[SiH](C)CC[SiH](C)Cl.Cl.Clc1cnc2[nH]ccc2c1.Nc1ccc(Br)cn1.Nc1ccc(C(O)c2cn(S(=O)(=O)c3ccccc3)c3ncc(Cl)cc23)cn1.Nc1ccc(C(O)c2cn(S(=O)(=O)c3ccccc3)c3ncc(Cl)cc23)cn1.O=Cc1c[nH]c2ncc(Cl)cc12.O=Cc1cn(S(=O)(=O)c2ccccc2)c2ncc(Cl)cc12.O=S(=O)(Cl)c1ccccc1. The zero-order valence-electron chi connectivity index (χ0n) is 72.6. The minimum absolute atomic E-state index is 0. The van der Waals surface area contributed by atoms with E-state index in [1.807, 2.05) is 24.4 Å². The second-order valence-electron chi connectivity index (χ2n) is 30.4. The summed E-state index contributed by atoms with van der Waals surface area (Å²) in [5.74, 6) is 1.18. The standard InChI is InChI=1S/2C19H15ClN4O3S.C14H9ClN2O3S.C8H5ClN2O.C7H5ClN2.C6H5ClO2S.C6H18Si2.C5H5BrN2.C5H15ClSi2.2CH4.ClH/c2*20-13-8-15-16(18(25)12-6-7-17(21)22-9-12)11-24(19(15)23-10-13)28(26,27)14-4-2-1-3-5-14;15-11-6-13-10(9-18)8-17(14(13)16-7-11)21(19,20)12-4-2-1-3-5-12;9-6-1-7-5(4-12)2-10-8(7)11-3-6;8-6-3-5-1-2-9-7(5)10-4-6;7-10(8,9)6-4-2-1-3-5-6;1-7(2)5-6-8(3)4;6-4-1-2-5(7)8-3-4;1-7(2)4-5-8(3)6;;;/h2*1-11,18,25H,(H2,21,22);1-9H;1-4H,(H,10,11);1-4H,(H,9,10);1-5H;7-8H,5-6H2,1-4H3;1-3H,(H2,7,8);7-8H,4-5H2,1-3H3;2*1H4;1H. The molecule has 0 bridgehead atoms. The van der Waals surface area contributed by atoms with Crippen LogP contribution in [0.25, 0.3) is 55.2 Å². The van der Waals surface area contributed by atoms with Gasteiger partial charge in [-0.25, -0.2) is 85.5 Å². The van der Waals surface area contributed by atoms with Gasteiger partial charge in [-0.2, -0.15) is 11.1 Å². The minimum atomic E-state index is -3.92. The summed E-state index contributed by atoms with van der Waals surface area (Å²) in [5.41, 5.74) is 21.0. The number of nitrogens with one attached hydrogen (secondary N) is 2. The van der Waals surface area contributed by atoms with E-state index in [-0.39, 0.29) is 95.7 Å². The van der Waals surface area contributed by atoms with Crippen molar-refractivity contribution in [1.82, 2.24) is 61.8 Å². The van der Waals surface area contributed by atoms with Crippen molar-refractivity contribution in [3.8, 4) is 0 Å². The molecule has 17 aromatic rings. The number of H-pyrrole nitrogens is 2. The molecule has 0 aliphatic rings. The van der Waals surface area contributed by atoms with E-state index >= 15 is 0 Å². The molecule has 0 aliphatic carbocycles. The van der Waals surface area contributed by atoms with Crippen molar-refractivity contribution in [2.24, 2.45) is 0 Å². The van der Waals surface area contributed by atoms with Crippen molar-refractivity contribution in [3.63, 3.8) is 0 Å². The van der Waals surface area contributed by atoms with Crippen LogP contribution in [0.2, 0.25) is 95.1 Å². The number of benzene rings is 4. The number of aliphatic hydroxyl groups is 2. The third kappa shape index (κ3) is 32.5. The van der Waals surface area contributed by atoms with Gasteiger partial charge < -0.3 is 37.4 Å². The van der Waals surface area contributed by atoms with Gasteiger partial charge in [0, 0.05) is 182 Å². The Hall–Kier alpha value is -10.1. The molecule has 0 spiro atoms. The fraction of sp³-hybridized carbons (Fsp3) is 0.165. The first-order valence-corrected chi connectivity index (χ1v) is 62.8. The van der Waals surface area contributed by atoms with Gasteiger partial charge in [-0.05, 0) is 131 Å². The lowest BCUT2D eigenvalue weighted by molar-refractivity contribution is 0.111. The number of aromatic amines is 2. The highest BCUT2D eigenvalue weighted by Gasteiger charge is 2.29. The maximum absolute atomic E-state index is 13.1. The predicted octanol–water partition coefficient (Wildman–Crippen LogP) is 21.7. The number of aromatic nitrogens is 13. The van der Waals surface area contributed by atoms with Gasteiger partial charge in [0.05, 0.1) is 44.7 Å². The number of nitrogens with zero attached hydrogens (tertiary/aromatic N) is 11. The molecule has 10 N–H and O–H groups in total. The number of aliphatic hydroxyl groups excluding tert-OH is 2. The van der Waals surface area contributed by atoms with Gasteiger partial charge >= 0.3 is 0 Å². The number of carbonyl (C=O) groups is 2. The summed E-state index contributed by atoms with van der Waals surface area (Å²) in [6.45, 7) is 16.7. The monoisotopic (exact) mass is 2210 g/mol. The van der Waals surface area contributed by atoms with Gasteiger partial charge in [0.15, 0.2) is 29.5 Å². The molecule has 4 aromatic carbocycles. The molecule has 17 rings (SSSR count). The van der Waals surface area contributed by atoms with Crippen molar-refractivity contribution in [3.05, 3.63) is 338 Å². The Balaban J connectivity index is 0.000000245. The third-order valence-corrected chi connectivity index (χ3v) is 34.4. The molecule has 3 atom stereocenters. The second kappa shape index (κ2) is 53.7. The highest BCUT2D eigenvalue weighted by atomic mass is 79.9. The quantitative estimate of drug-likeness (QED) is 0.0171. The van der Waals surface area contributed by atoms with Gasteiger partial charge in [0.1, 0.15) is 49.1 Å². The summed E-state index contributed by atoms with van der Waals surface area (Å²) in [4.78, 5) is 60.2. The highest BCUT2D eigenvalue weighted by Crippen LogP contribution is 2.37. The number of nitrogen functional groups attached to an aromatic ring is 3. The Morgan fingerprint density at radius 2 is 0.743 bits per heavy atom. The first-order valence-electron chi connectivity index (χ1n) is 40.4. The Bertz CT molecular complexity index is 6980. The lowest BCUT2D eigenvalue weighted by Crippen LogP contribution is -2.12. The molecule has 0 radical (unpaired) electrons. The molecule has 13 aromatic heterocycles. The Labute approximate surface area is 845 Å². The summed E-state index contributed by atoms with van der Waals surface area (Å²) >= 11 is 38.5. The van der Waals surface area contributed by atoms with Gasteiger partial charge in [0.25, 0.3) is 39.1 Å². The highest BCUT2D eigenvalue weighted by molar-refractivity contribution is 9.10. The molecule has 45 heteroatoms. The molecule has 3 unspecified atom stereocenters. The molecule has 0 fully saturated rings. The topological polar surface area (TPSA) is 439 Å². The number of halogens is 9. The molecule has 13 heterocycles. The summed E-state index contributed by atoms with van der Waals surface area (Å²) in [6.07, 6.45) is 18.3. The number of anilines is 3. The molecule has 28 nitrogen and oxygen atoms in total. The van der Waals surface area contributed by atoms with E-state index < -0.39 is 59.4 Å². The smallest absolute Gasteiger partial charge is 0.269 e. The predicted molar refractivity (Wildman–Crippen MR) is 571 cm³/mol. The van der Waals surface area contributed by atoms with Crippen LogP contribution in [0.1, 0.15) is 70.0 Å². The van der Waals surface area contributed by atoms with Crippen molar-refractivity contribution in [2.75, 3.05) is 17.2 Å². The minimum Gasteiger partial charge on any atom is -0.384 e. The van der Waals surface area contributed by atoms with Crippen LogP contribution in [0, 0.1) is 0 Å². The molecule has 0 saturated heterocycles. The summed E-state index contributed by atoms with van der Waals surface area (Å²) < 4.78 is 103. The number of carbonyl (C=O) groups excluding carboxylic acids is 2. The van der Waals surface area contributed by atoms with Gasteiger partial charge in [0.2, 0.25) is 0 Å². The van der Waals surface area contributed by atoms with Crippen LogP contribution >= 0.6 is 108 Å². The molecule has 0 amide bonds. The third-order valence-electron chi connectivity index (χ3n) is 19.0. The van der Waals surface area contributed by atoms with E-state index in [4.69, 9.17) is 97.0 Å². The van der Waals surface area contributed by atoms with Crippen molar-refractivity contribution >= 4 is 267 Å². The van der Waals surface area contributed by atoms with Gasteiger partial charge in [-0.3, -0.25) is 9.59 Å². The molecule has 720 valence electrons. The number of hydrogen-bond acceptors (Lipinski definition) is 23. The Morgan fingerprint density at radius 3 is 1.08 bits per heavy atom. The van der Waals surface area contributed by atoms with Crippen LogP contribution in [0.3, 0.4) is 0 Å². The van der Waals surface area contributed by atoms with Crippen LogP contribution < -0.4 is 17.2 Å². The van der Waals surface area contributed by atoms with Crippen LogP contribution in [0.5, 0.6) is 0 Å². The summed E-state index contributed by atoms with van der Waals surface area (Å²) in [6, 6.07) is 57.9. The second-order valence-corrected chi connectivity index (χ2v) is 56.0. The van der Waals surface area contributed by atoms with E-state index in [9.17, 15) is 53.5 Å². The summed E-state index contributed by atoms with van der Waals surface area (Å²) in [7, 11) is -11.5. The molecule has 136 heavy (non-hydrogen) atoms. The number of fused-ring (bicyclic) bond motifs is 5. The number of aldehydes is 2. The van der Waals surface area contributed by atoms with Crippen LogP contribution in [-0.4, -0.2) is 153 Å². The molecule has 0 aliphatic heterocycles. The lowest BCUT2D eigenvalue weighted by atomic mass is 10.0. The van der Waals surface area contributed by atoms with E-state index in [1.54, 1.807) is 152 Å². The zero-order chi connectivity index (χ0) is 97.1. The van der Waals surface area contributed by atoms with Gasteiger partial charge in [-0.15, -0.1) is 12.4 Å². The largest absolute Gasteiger partial charge is 0.384 e. The van der Waals surface area contributed by atoms with E-state index in [0.29, 0.717) is 98.5 Å². The fourth-order valence-electron chi connectivity index (χ4n) is 12.2. The molecular weight excluding hydrogens is 2110 g/mol. The Morgan fingerprint density at radius 1 is 0.404 bits per heavy atom. The normalized spacial score (nSPS) is 11.7. The Kier molecular flexibility index (Phi) is 45.3. The maximum atomic E-state index is 13.1. The van der Waals surface area contributed by atoms with Crippen molar-refractivity contribution < 1.29 is 53.5 Å². The van der Waals surface area contributed by atoms with E-state index in [1.165, 1.54) is 122 Å².